The van der Waals surface area contributed by atoms with Crippen molar-refractivity contribution in [1.29, 1.82) is 0 Å². The summed E-state index contributed by atoms with van der Waals surface area (Å²) < 4.78 is 78.8. The first-order valence-corrected chi connectivity index (χ1v) is 5.70. The van der Waals surface area contributed by atoms with E-state index in [0.29, 0.717) is 0 Å². The second-order valence-electron chi connectivity index (χ2n) is 4.08. The van der Waals surface area contributed by atoms with Gasteiger partial charge in [-0.25, -0.2) is 13.2 Å². The van der Waals surface area contributed by atoms with Crippen LogP contribution in [0.15, 0.2) is 42.5 Å². The third-order valence-corrected chi connectivity index (χ3v) is 2.66. The lowest BCUT2D eigenvalue weighted by Gasteiger charge is -2.11. The molecule has 1 nitrogen and oxygen atoms in total. The fourth-order valence-corrected chi connectivity index (χ4v) is 1.78. The first-order chi connectivity index (χ1) is 9.78. The number of halogens is 6. The van der Waals surface area contributed by atoms with Crippen LogP contribution in [0.4, 0.5) is 26.3 Å². The van der Waals surface area contributed by atoms with Gasteiger partial charge in [-0.1, -0.05) is 30.3 Å². The van der Waals surface area contributed by atoms with Crippen LogP contribution in [0.5, 0.6) is 5.75 Å². The largest absolute Gasteiger partial charge is 0.573 e. The molecule has 0 saturated heterocycles. The van der Waals surface area contributed by atoms with E-state index in [2.05, 4.69) is 4.74 Å². The number of rotatable bonds is 3. The Kier molecular flexibility index (Phi) is 4.11. The molecule has 0 aliphatic heterocycles. The van der Waals surface area contributed by atoms with Crippen molar-refractivity contribution in [3.63, 3.8) is 0 Å². The van der Waals surface area contributed by atoms with E-state index in [1.807, 2.05) is 0 Å². The third-order valence-electron chi connectivity index (χ3n) is 2.66. The van der Waals surface area contributed by atoms with E-state index < -0.39 is 29.9 Å². The zero-order valence-corrected chi connectivity index (χ0v) is 10.3. The number of hydrogen-bond donors (Lipinski definition) is 0. The molecule has 2 rings (SSSR count). The van der Waals surface area contributed by atoms with E-state index in [9.17, 15) is 26.3 Å². The molecule has 21 heavy (non-hydrogen) atoms. The van der Waals surface area contributed by atoms with Gasteiger partial charge in [-0.15, -0.1) is 13.2 Å². The lowest BCUT2D eigenvalue weighted by Crippen LogP contribution is -2.16. The quantitative estimate of drug-likeness (QED) is 0.696. The van der Waals surface area contributed by atoms with Crippen molar-refractivity contribution in [2.45, 2.75) is 12.8 Å². The Hall–Kier alpha value is -2.18. The Bertz CT molecular complexity index is 618. The third kappa shape index (κ3) is 3.68. The Morgan fingerprint density at radius 3 is 2.05 bits per heavy atom. The molecule has 0 saturated carbocycles. The van der Waals surface area contributed by atoms with Crippen molar-refractivity contribution in [3.8, 4) is 16.9 Å². The molecule has 2 aromatic carbocycles. The van der Waals surface area contributed by atoms with Crippen molar-refractivity contribution in [1.82, 2.24) is 0 Å². The van der Waals surface area contributed by atoms with Gasteiger partial charge in [-0.3, -0.25) is 0 Å². The summed E-state index contributed by atoms with van der Waals surface area (Å²) in [5.41, 5.74) is -0.709. The molecule has 0 atom stereocenters. The predicted molar refractivity (Wildman–Crippen MR) is 63.5 cm³/mol. The van der Waals surface area contributed by atoms with Gasteiger partial charge in [-0.05, 0) is 17.7 Å². The molecule has 0 N–H and O–H groups in total. The number of alkyl halides is 5. The van der Waals surface area contributed by atoms with Gasteiger partial charge in [0, 0.05) is 5.56 Å². The van der Waals surface area contributed by atoms with E-state index in [1.165, 1.54) is 12.1 Å². The summed E-state index contributed by atoms with van der Waals surface area (Å²) in [6, 6.07) is 7.75. The molecule has 0 aromatic heterocycles. The fourth-order valence-electron chi connectivity index (χ4n) is 1.78. The van der Waals surface area contributed by atoms with Gasteiger partial charge in [-0.2, -0.15) is 0 Å². The predicted octanol–water partition coefficient (Wildman–Crippen LogP) is 5.33. The van der Waals surface area contributed by atoms with Crippen LogP contribution in [-0.2, 0) is 0 Å². The average molecular weight is 306 g/mol. The zero-order valence-electron chi connectivity index (χ0n) is 10.3. The zero-order chi connectivity index (χ0) is 15.6. The van der Waals surface area contributed by atoms with Gasteiger partial charge in [0.15, 0.2) is 0 Å². The Balaban J connectivity index is 2.33. The van der Waals surface area contributed by atoms with Gasteiger partial charge in [0.05, 0.1) is 5.56 Å². The summed E-state index contributed by atoms with van der Waals surface area (Å²) in [6.45, 7) is 0. The minimum atomic E-state index is -4.83. The monoisotopic (exact) mass is 306 g/mol. The lowest BCUT2D eigenvalue weighted by molar-refractivity contribution is -0.274. The van der Waals surface area contributed by atoms with Gasteiger partial charge >= 0.3 is 6.36 Å². The second kappa shape index (κ2) is 5.67. The molecule has 0 fully saturated rings. The first-order valence-electron chi connectivity index (χ1n) is 5.70. The second-order valence-corrected chi connectivity index (χ2v) is 4.08. The van der Waals surface area contributed by atoms with Crippen LogP contribution >= 0.6 is 0 Å². The summed E-state index contributed by atoms with van der Waals surface area (Å²) in [7, 11) is 0. The van der Waals surface area contributed by atoms with Crippen LogP contribution < -0.4 is 4.74 Å². The van der Waals surface area contributed by atoms with Crippen molar-refractivity contribution < 1.29 is 31.1 Å². The van der Waals surface area contributed by atoms with Crippen LogP contribution in [0.3, 0.4) is 0 Å². The summed E-state index contributed by atoms with van der Waals surface area (Å²) in [5.74, 6) is -1.58. The summed E-state index contributed by atoms with van der Waals surface area (Å²) >= 11 is 0. The number of hydrogen-bond acceptors (Lipinski definition) is 1. The van der Waals surface area contributed by atoms with E-state index in [1.54, 1.807) is 0 Å². The Morgan fingerprint density at radius 1 is 0.905 bits per heavy atom. The van der Waals surface area contributed by atoms with Crippen LogP contribution in [0, 0.1) is 5.82 Å². The average Bonchev–Trinajstić information content (AvgIpc) is 2.38. The van der Waals surface area contributed by atoms with Crippen LogP contribution in [0.25, 0.3) is 11.1 Å². The minimum Gasteiger partial charge on any atom is -0.406 e. The van der Waals surface area contributed by atoms with Gasteiger partial charge in [0.2, 0.25) is 0 Å². The highest BCUT2D eigenvalue weighted by molar-refractivity contribution is 5.65. The lowest BCUT2D eigenvalue weighted by atomic mass is 10.0. The van der Waals surface area contributed by atoms with Gasteiger partial charge in [0.1, 0.15) is 11.6 Å². The molecule has 0 unspecified atom stereocenters. The molecular formula is C14H8F6O. The topological polar surface area (TPSA) is 9.23 Å². The Labute approximate surface area is 115 Å². The summed E-state index contributed by atoms with van der Waals surface area (Å²) in [4.78, 5) is 0. The highest BCUT2D eigenvalue weighted by Gasteiger charge is 2.31. The SMILES string of the molecule is Fc1c(-c2ccc(OC(F)(F)F)cc2)cccc1C(F)F. The fraction of sp³-hybridized carbons (Fsp3) is 0.143. The molecule has 0 aliphatic rings. The van der Waals surface area contributed by atoms with E-state index >= 15 is 0 Å². The van der Waals surface area contributed by atoms with E-state index in [-0.39, 0.29) is 11.1 Å². The first kappa shape index (κ1) is 15.2. The van der Waals surface area contributed by atoms with Crippen molar-refractivity contribution in [3.05, 3.63) is 53.8 Å². The van der Waals surface area contributed by atoms with Crippen molar-refractivity contribution in [2.24, 2.45) is 0 Å². The molecular weight excluding hydrogens is 298 g/mol. The molecule has 0 aliphatic carbocycles. The van der Waals surface area contributed by atoms with Crippen LogP contribution in [0.1, 0.15) is 12.0 Å². The highest BCUT2D eigenvalue weighted by atomic mass is 19.4. The maximum atomic E-state index is 13.9. The van der Waals surface area contributed by atoms with Gasteiger partial charge in [0.25, 0.3) is 6.43 Å². The van der Waals surface area contributed by atoms with Crippen LogP contribution in [0.2, 0.25) is 0 Å². The highest BCUT2D eigenvalue weighted by Crippen LogP contribution is 2.31. The van der Waals surface area contributed by atoms with Crippen LogP contribution in [-0.4, -0.2) is 6.36 Å². The molecule has 0 bridgehead atoms. The van der Waals surface area contributed by atoms with Crippen molar-refractivity contribution >= 4 is 0 Å². The van der Waals surface area contributed by atoms with Gasteiger partial charge < -0.3 is 4.74 Å². The Morgan fingerprint density at radius 2 is 1.52 bits per heavy atom. The molecule has 7 heteroatoms. The normalized spacial score (nSPS) is 11.8. The summed E-state index contributed by atoms with van der Waals surface area (Å²) in [6.07, 6.45) is -7.81. The van der Waals surface area contributed by atoms with E-state index in [4.69, 9.17) is 0 Å². The molecule has 0 radical (unpaired) electrons. The molecule has 112 valence electrons. The standard InChI is InChI=1S/C14H8F6O/c15-12-10(2-1-3-11(12)13(16)17)8-4-6-9(7-5-8)21-14(18,19)20/h1-7,13H. The molecule has 0 amide bonds. The molecule has 2 aromatic rings. The minimum absolute atomic E-state index is 0.119. The smallest absolute Gasteiger partial charge is 0.406 e. The number of benzene rings is 2. The molecule has 0 heterocycles. The molecule has 0 spiro atoms. The van der Waals surface area contributed by atoms with E-state index in [0.717, 1.165) is 30.3 Å². The summed E-state index contributed by atoms with van der Waals surface area (Å²) in [5, 5.41) is 0. The van der Waals surface area contributed by atoms with Crippen molar-refractivity contribution in [2.75, 3.05) is 0 Å². The number of ether oxygens (including phenoxy) is 1. The maximum absolute atomic E-state index is 13.9. The maximum Gasteiger partial charge on any atom is 0.573 e.